The van der Waals surface area contributed by atoms with Gasteiger partial charge < -0.3 is 14.9 Å². The second-order valence-electron chi connectivity index (χ2n) is 5.12. The second-order valence-corrected chi connectivity index (χ2v) is 5.12. The van der Waals surface area contributed by atoms with Crippen LogP contribution in [0.4, 0.5) is 0 Å². The summed E-state index contributed by atoms with van der Waals surface area (Å²) in [6.07, 6.45) is 0. The number of esters is 1. The number of carbonyl (C=O) groups excluding carboxylic acids is 1. The van der Waals surface area contributed by atoms with E-state index < -0.39 is 17.5 Å². The Morgan fingerprint density at radius 2 is 1.92 bits per heavy atom. The first-order valence-corrected chi connectivity index (χ1v) is 7.19. The molecule has 2 N–H and O–H groups in total. The van der Waals surface area contributed by atoms with Crippen molar-refractivity contribution in [3.8, 4) is 11.9 Å². The maximum absolute atomic E-state index is 12.1. The smallest absolute Gasteiger partial charge is 0.339 e. The summed E-state index contributed by atoms with van der Waals surface area (Å²) in [5.74, 6) is -2.49. The molecule has 0 aliphatic rings. The number of aromatic carboxylic acids is 1. The molecule has 0 saturated heterocycles. The van der Waals surface area contributed by atoms with E-state index in [4.69, 9.17) is 15.1 Å². The summed E-state index contributed by atoms with van der Waals surface area (Å²) >= 11 is 0. The minimum absolute atomic E-state index is 0.111. The largest absolute Gasteiger partial charge is 0.494 e. The van der Waals surface area contributed by atoms with Crippen molar-refractivity contribution in [2.75, 3.05) is 6.61 Å². The molecule has 1 aromatic heterocycles. The molecule has 2 aromatic rings. The van der Waals surface area contributed by atoms with Crippen LogP contribution in [0.3, 0.4) is 0 Å². The Morgan fingerprint density at radius 3 is 2.52 bits per heavy atom. The molecule has 0 unspecified atom stereocenters. The van der Waals surface area contributed by atoms with Gasteiger partial charge in [-0.15, -0.1) is 0 Å². The van der Waals surface area contributed by atoms with Gasteiger partial charge in [0.2, 0.25) is 0 Å². The Balaban J connectivity index is 2.15. The summed E-state index contributed by atoms with van der Waals surface area (Å²) in [6, 6.07) is 8.59. The van der Waals surface area contributed by atoms with E-state index in [9.17, 15) is 19.5 Å². The van der Waals surface area contributed by atoms with E-state index in [1.165, 1.54) is 37.3 Å². The molecule has 0 bridgehead atoms. The van der Waals surface area contributed by atoms with Gasteiger partial charge in [0.1, 0.15) is 18.2 Å². The molecular weight excluding hydrogens is 328 g/mol. The number of aromatic nitrogens is 1. The van der Waals surface area contributed by atoms with E-state index in [1.54, 1.807) is 6.07 Å². The lowest BCUT2D eigenvalue weighted by molar-refractivity contribution is 0.0477. The van der Waals surface area contributed by atoms with Crippen molar-refractivity contribution in [2.24, 2.45) is 0 Å². The molecule has 0 aliphatic heterocycles. The van der Waals surface area contributed by atoms with Crippen molar-refractivity contribution in [3.63, 3.8) is 0 Å². The highest BCUT2D eigenvalue weighted by Gasteiger charge is 2.17. The Labute approximate surface area is 142 Å². The number of ether oxygens (including phenoxy) is 1. The van der Waals surface area contributed by atoms with Gasteiger partial charge in [-0.3, -0.25) is 9.36 Å². The summed E-state index contributed by atoms with van der Waals surface area (Å²) in [5, 5.41) is 27.9. The van der Waals surface area contributed by atoms with Gasteiger partial charge in [-0.25, -0.2) is 9.59 Å². The minimum Gasteiger partial charge on any atom is -0.494 e. The van der Waals surface area contributed by atoms with Crippen LogP contribution in [-0.4, -0.2) is 33.3 Å². The van der Waals surface area contributed by atoms with E-state index in [0.29, 0.717) is 5.56 Å². The van der Waals surface area contributed by atoms with Crippen LogP contribution in [-0.2, 0) is 11.3 Å². The molecule has 0 fully saturated rings. The molecule has 0 aliphatic carbocycles. The van der Waals surface area contributed by atoms with Crippen LogP contribution >= 0.6 is 0 Å². The number of nitriles is 1. The molecule has 0 radical (unpaired) electrons. The zero-order chi connectivity index (χ0) is 18.6. The lowest BCUT2D eigenvalue weighted by Gasteiger charge is -2.11. The Hall–Kier alpha value is -3.60. The molecule has 2 rings (SSSR count). The molecule has 8 nitrogen and oxygen atoms in total. The maximum atomic E-state index is 12.1. The monoisotopic (exact) mass is 342 g/mol. The molecule has 0 amide bonds. The number of hydrogen-bond acceptors (Lipinski definition) is 6. The number of carbonyl (C=O) groups is 2. The number of hydrogen-bond donors (Lipinski definition) is 2. The fraction of sp³-hybridized carbons (Fsp3) is 0.176. The molecule has 0 atom stereocenters. The maximum Gasteiger partial charge on any atom is 0.339 e. The third-order valence-corrected chi connectivity index (χ3v) is 3.51. The summed E-state index contributed by atoms with van der Waals surface area (Å²) < 4.78 is 5.89. The third kappa shape index (κ3) is 3.67. The zero-order valence-corrected chi connectivity index (χ0v) is 13.2. The lowest BCUT2D eigenvalue weighted by Crippen LogP contribution is -2.26. The highest BCUT2D eigenvalue weighted by molar-refractivity contribution is 6.02. The molecule has 0 saturated carbocycles. The lowest BCUT2D eigenvalue weighted by atomic mass is 10.1. The van der Waals surface area contributed by atoms with Crippen LogP contribution in [0.5, 0.6) is 5.88 Å². The van der Waals surface area contributed by atoms with Crippen molar-refractivity contribution in [3.05, 3.63) is 62.9 Å². The first-order valence-electron chi connectivity index (χ1n) is 7.19. The predicted octanol–water partition coefficient (Wildman–Crippen LogP) is 1.29. The van der Waals surface area contributed by atoms with E-state index >= 15 is 0 Å². The van der Waals surface area contributed by atoms with Gasteiger partial charge in [0.15, 0.2) is 5.88 Å². The van der Waals surface area contributed by atoms with Crippen LogP contribution < -0.4 is 5.56 Å². The minimum atomic E-state index is -1.27. The van der Waals surface area contributed by atoms with Gasteiger partial charge in [-0.05, 0) is 24.6 Å². The third-order valence-electron chi connectivity index (χ3n) is 3.51. The van der Waals surface area contributed by atoms with Crippen LogP contribution in [0.1, 0.15) is 31.8 Å². The summed E-state index contributed by atoms with van der Waals surface area (Å²) in [7, 11) is 0. The van der Waals surface area contributed by atoms with Gasteiger partial charge in [-0.2, -0.15) is 5.26 Å². The van der Waals surface area contributed by atoms with Crippen molar-refractivity contribution in [1.29, 1.82) is 5.26 Å². The number of carboxylic acids is 1. The van der Waals surface area contributed by atoms with Gasteiger partial charge in [-0.1, -0.05) is 12.1 Å². The highest BCUT2D eigenvalue weighted by Crippen LogP contribution is 2.13. The molecule has 128 valence electrons. The molecular formula is C17H14N2O6. The predicted molar refractivity (Wildman–Crippen MR) is 85.5 cm³/mol. The number of carboxylic acid groups (broad SMARTS) is 1. The number of aromatic hydroxyl groups is 1. The summed E-state index contributed by atoms with van der Waals surface area (Å²) in [4.78, 5) is 35.2. The van der Waals surface area contributed by atoms with E-state index in [1.807, 2.05) is 0 Å². The molecule has 1 aromatic carbocycles. The van der Waals surface area contributed by atoms with Crippen LogP contribution in [0, 0.1) is 18.3 Å². The number of nitrogens with zero attached hydrogens (tertiary/aromatic N) is 2. The van der Waals surface area contributed by atoms with Gasteiger partial charge in [0.05, 0.1) is 17.7 Å². The molecule has 1 heterocycles. The highest BCUT2D eigenvalue weighted by atomic mass is 16.5. The van der Waals surface area contributed by atoms with Crippen LogP contribution in [0.15, 0.2) is 35.1 Å². The average Bonchev–Trinajstić information content (AvgIpc) is 2.57. The fourth-order valence-electron chi connectivity index (χ4n) is 2.26. The van der Waals surface area contributed by atoms with E-state index in [-0.39, 0.29) is 35.7 Å². The standard InChI is InChI=1S/C17H14N2O6/c1-10-8-14(20)19(15(21)13(10)9-18)6-7-25-17(24)12-5-3-2-4-11(12)16(22)23/h2-5,8,20H,6-7H2,1H3,(H,22,23). The fourth-order valence-corrected chi connectivity index (χ4v) is 2.26. The number of rotatable bonds is 5. The van der Waals surface area contributed by atoms with E-state index in [2.05, 4.69) is 0 Å². The van der Waals surface area contributed by atoms with Crippen molar-refractivity contribution >= 4 is 11.9 Å². The Morgan fingerprint density at radius 1 is 1.28 bits per heavy atom. The topological polar surface area (TPSA) is 130 Å². The molecule has 0 spiro atoms. The summed E-state index contributed by atoms with van der Waals surface area (Å²) in [5.41, 5.74) is -0.779. The quantitative estimate of drug-likeness (QED) is 0.783. The van der Waals surface area contributed by atoms with Crippen LogP contribution in [0.2, 0.25) is 0 Å². The Kier molecular flexibility index (Phi) is 5.19. The van der Waals surface area contributed by atoms with Gasteiger partial charge in [0, 0.05) is 6.07 Å². The average molecular weight is 342 g/mol. The first kappa shape index (κ1) is 17.7. The number of benzene rings is 1. The number of aryl methyl sites for hydroxylation is 1. The van der Waals surface area contributed by atoms with Crippen LogP contribution in [0.25, 0.3) is 0 Å². The van der Waals surface area contributed by atoms with Crippen molar-refractivity contribution in [1.82, 2.24) is 4.57 Å². The normalized spacial score (nSPS) is 10.1. The van der Waals surface area contributed by atoms with Crippen molar-refractivity contribution < 1.29 is 24.5 Å². The molecule has 8 heteroatoms. The zero-order valence-electron chi connectivity index (χ0n) is 13.2. The van der Waals surface area contributed by atoms with Gasteiger partial charge in [0.25, 0.3) is 5.56 Å². The summed E-state index contributed by atoms with van der Waals surface area (Å²) in [6.45, 7) is 1.06. The Bertz CT molecular complexity index is 939. The second kappa shape index (κ2) is 7.31. The molecule has 25 heavy (non-hydrogen) atoms. The van der Waals surface area contributed by atoms with Crippen molar-refractivity contribution in [2.45, 2.75) is 13.5 Å². The van der Waals surface area contributed by atoms with E-state index in [0.717, 1.165) is 4.57 Å². The van der Waals surface area contributed by atoms with Gasteiger partial charge >= 0.3 is 11.9 Å². The SMILES string of the molecule is Cc1cc(O)n(CCOC(=O)c2ccccc2C(=O)O)c(=O)c1C#N. The number of pyridine rings is 1. The first-order chi connectivity index (χ1) is 11.9.